The van der Waals surface area contributed by atoms with Crippen molar-refractivity contribution in [2.75, 3.05) is 6.61 Å². The molecule has 0 spiro atoms. The maximum atomic E-state index is 6.49. The van der Waals surface area contributed by atoms with Crippen LogP contribution < -0.4 is 0 Å². The van der Waals surface area contributed by atoms with E-state index < -0.39 is 0 Å². The van der Waals surface area contributed by atoms with Gasteiger partial charge in [0.15, 0.2) is 5.79 Å². The molecule has 1 saturated carbocycles. The standard InChI is InChI=1S/C18H32O2/c1-4-6-7-8-10-16(3)20-18-13-9-12-17(18,11-5-2)14-15-19-18/h5,16H,2,4,6-15H2,1,3H3/t16-,17+,18-/m0/s1. The van der Waals surface area contributed by atoms with Crippen LogP contribution in [0.25, 0.3) is 0 Å². The zero-order chi connectivity index (χ0) is 14.5. The average molecular weight is 280 g/mol. The van der Waals surface area contributed by atoms with Gasteiger partial charge in [0.1, 0.15) is 0 Å². The first kappa shape index (κ1) is 16.0. The normalized spacial score (nSPS) is 34.1. The van der Waals surface area contributed by atoms with Crippen molar-refractivity contribution in [1.29, 1.82) is 0 Å². The Kier molecular flexibility index (Phi) is 5.68. The van der Waals surface area contributed by atoms with Crippen molar-refractivity contribution < 1.29 is 9.47 Å². The maximum Gasteiger partial charge on any atom is 0.174 e. The second-order valence-corrected chi connectivity index (χ2v) is 6.76. The zero-order valence-electron chi connectivity index (χ0n) is 13.5. The van der Waals surface area contributed by atoms with Crippen LogP contribution in [-0.2, 0) is 9.47 Å². The SMILES string of the molecule is C=CC[C@]12CCC[C@@]1(O[C@@H](C)CCCCCC)OCC2. The van der Waals surface area contributed by atoms with Gasteiger partial charge in [-0.2, -0.15) is 0 Å². The number of hydrogen-bond acceptors (Lipinski definition) is 2. The quantitative estimate of drug-likeness (QED) is 0.425. The smallest absolute Gasteiger partial charge is 0.174 e. The van der Waals surface area contributed by atoms with Gasteiger partial charge in [-0.25, -0.2) is 0 Å². The molecule has 0 aromatic heterocycles. The predicted molar refractivity (Wildman–Crippen MR) is 83.7 cm³/mol. The van der Waals surface area contributed by atoms with E-state index in [9.17, 15) is 0 Å². The largest absolute Gasteiger partial charge is 0.349 e. The molecule has 20 heavy (non-hydrogen) atoms. The first-order valence-corrected chi connectivity index (χ1v) is 8.61. The summed E-state index contributed by atoms with van der Waals surface area (Å²) in [5, 5.41) is 0. The van der Waals surface area contributed by atoms with Crippen LogP contribution in [0.1, 0.15) is 78.1 Å². The fourth-order valence-corrected chi connectivity index (χ4v) is 4.16. The Morgan fingerprint density at radius 1 is 1.25 bits per heavy atom. The molecule has 0 aromatic rings. The third kappa shape index (κ3) is 3.12. The summed E-state index contributed by atoms with van der Waals surface area (Å²) in [6.45, 7) is 9.29. The molecule has 0 unspecified atom stereocenters. The first-order valence-electron chi connectivity index (χ1n) is 8.61. The van der Waals surface area contributed by atoms with E-state index in [-0.39, 0.29) is 11.2 Å². The minimum Gasteiger partial charge on any atom is -0.349 e. The average Bonchev–Trinajstić information content (AvgIpc) is 2.89. The molecular weight excluding hydrogens is 248 g/mol. The van der Waals surface area contributed by atoms with Crippen molar-refractivity contribution >= 4 is 0 Å². The molecule has 1 heterocycles. The lowest BCUT2D eigenvalue weighted by Gasteiger charge is -2.40. The van der Waals surface area contributed by atoms with Gasteiger partial charge in [0.2, 0.25) is 0 Å². The lowest BCUT2D eigenvalue weighted by molar-refractivity contribution is -0.266. The Bertz CT molecular complexity index is 301. The highest BCUT2D eigenvalue weighted by molar-refractivity contribution is 5.06. The third-order valence-corrected chi connectivity index (χ3v) is 5.28. The molecule has 2 fully saturated rings. The number of hydrogen-bond donors (Lipinski definition) is 0. The van der Waals surface area contributed by atoms with Gasteiger partial charge in [0.25, 0.3) is 0 Å². The van der Waals surface area contributed by atoms with Gasteiger partial charge >= 0.3 is 0 Å². The van der Waals surface area contributed by atoms with Gasteiger partial charge in [-0.15, -0.1) is 6.58 Å². The van der Waals surface area contributed by atoms with Gasteiger partial charge in [-0.1, -0.05) is 38.7 Å². The van der Waals surface area contributed by atoms with Crippen molar-refractivity contribution in [3.63, 3.8) is 0 Å². The van der Waals surface area contributed by atoms with Gasteiger partial charge < -0.3 is 9.47 Å². The maximum absolute atomic E-state index is 6.49. The summed E-state index contributed by atoms with van der Waals surface area (Å²) < 4.78 is 12.6. The molecule has 116 valence electrons. The Hall–Kier alpha value is -0.340. The molecular formula is C18H32O2. The summed E-state index contributed by atoms with van der Waals surface area (Å²) in [5.41, 5.74) is 0.215. The molecule has 1 saturated heterocycles. The Labute approximate surface area is 124 Å². The molecule has 0 aromatic carbocycles. The highest BCUT2D eigenvalue weighted by Gasteiger charge is 2.60. The molecule has 2 heteroatoms. The fraction of sp³-hybridized carbons (Fsp3) is 0.889. The molecule has 0 radical (unpaired) electrons. The van der Waals surface area contributed by atoms with E-state index in [1.165, 1.54) is 38.5 Å². The molecule has 2 rings (SSSR count). The van der Waals surface area contributed by atoms with Crippen molar-refractivity contribution in [2.45, 2.75) is 89.9 Å². The van der Waals surface area contributed by atoms with E-state index in [4.69, 9.17) is 9.47 Å². The number of rotatable bonds is 9. The van der Waals surface area contributed by atoms with Gasteiger partial charge in [0, 0.05) is 11.8 Å². The van der Waals surface area contributed by atoms with Crippen LogP contribution in [0.2, 0.25) is 0 Å². The Morgan fingerprint density at radius 3 is 2.85 bits per heavy atom. The summed E-state index contributed by atoms with van der Waals surface area (Å²) in [5.74, 6) is -0.300. The molecule has 1 aliphatic heterocycles. The van der Waals surface area contributed by atoms with Crippen molar-refractivity contribution in [3.05, 3.63) is 12.7 Å². The third-order valence-electron chi connectivity index (χ3n) is 5.28. The molecule has 0 bridgehead atoms. The van der Waals surface area contributed by atoms with Gasteiger partial charge in [0.05, 0.1) is 12.7 Å². The second kappa shape index (κ2) is 7.09. The van der Waals surface area contributed by atoms with Crippen molar-refractivity contribution in [2.24, 2.45) is 5.41 Å². The minimum atomic E-state index is -0.300. The molecule has 2 nitrogen and oxygen atoms in total. The van der Waals surface area contributed by atoms with E-state index in [0.29, 0.717) is 6.10 Å². The summed E-state index contributed by atoms with van der Waals surface area (Å²) in [6, 6.07) is 0. The van der Waals surface area contributed by atoms with Crippen LogP contribution in [0.3, 0.4) is 0 Å². The highest BCUT2D eigenvalue weighted by atomic mass is 16.7. The second-order valence-electron chi connectivity index (χ2n) is 6.76. The number of fused-ring (bicyclic) bond motifs is 1. The summed E-state index contributed by atoms with van der Waals surface area (Å²) in [4.78, 5) is 0. The zero-order valence-corrected chi connectivity index (χ0v) is 13.5. The fourth-order valence-electron chi connectivity index (χ4n) is 4.16. The molecule has 3 atom stereocenters. The van der Waals surface area contributed by atoms with Crippen LogP contribution in [0.4, 0.5) is 0 Å². The van der Waals surface area contributed by atoms with E-state index in [0.717, 1.165) is 32.3 Å². The molecule has 0 N–H and O–H groups in total. The molecule has 1 aliphatic carbocycles. The number of ether oxygens (including phenoxy) is 2. The molecule has 0 amide bonds. The van der Waals surface area contributed by atoms with E-state index in [1.54, 1.807) is 0 Å². The van der Waals surface area contributed by atoms with Crippen LogP contribution >= 0.6 is 0 Å². The van der Waals surface area contributed by atoms with Crippen LogP contribution in [0.5, 0.6) is 0 Å². The predicted octanol–water partition coefficient (Wildman–Crippen LogP) is 5.22. The number of allylic oxidation sites excluding steroid dienone is 1. The van der Waals surface area contributed by atoms with Crippen LogP contribution in [0.15, 0.2) is 12.7 Å². The topological polar surface area (TPSA) is 18.5 Å². The lowest BCUT2D eigenvalue weighted by Crippen LogP contribution is -2.45. The van der Waals surface area contributed by atoms with E-state index in [1.807, 2.05) is 0 Å². The van der Waals surface area contributed by atoms with Crippen molar-refractivity contribution in [1.82, 2.24) is 0 Å². The Morgan fingerprint density at radius 2 is 2.10 bits per heavy atom. The van der Waals surface area contributed by atoms with Gasteiger partial charge in [-0.05, 0) is 39.0 Å². The highest BCUT2D eigenvalue weighted by Crippen LogP contribution is 2.58. The van der Waals surface area contributed by atoms with Crippen LogP contribution in [-0.4, -0.2) is 18.5 Å². The summed E-state index contributed by atoms with van der Waals surface area (Å²) >= 11 is 0. The van der Waals surface area contributed by atoms with Crippen LogP contribution in [0, 0.1) is 5.41 Å². The summed E-state index contributed by atoms with van der Waals surface area (Å²) in [6.07, 6.45) is 14.5. The minimum absolute atomic E-state index is 0.215. The molecule has 2 aliphatic rings. The van der Waals surface area contributed by atoms with E-state index in [2.05, 4.69) is 26.5 Å². The monoisotopic (exact) mass is 280 g/mol. The first-order chi connectivity index (χ1) is 9.68. The van der Waals surface area contributed by atoms with Gasteiger partial charge in [-0.3, -0.25) is 0 Å². The van der Waals surface area contributed by atoms with E-state index >= 15 is 0 Å². The summed E-state index contributed by atoms with van der Waals surface area (Å²) in [7, 11) is 0. The Balaban J connectivity index is 1.90. The number of unbranched alkanes of at least 4 members (excludes halogenated alkanes) is 3. The van der Waals surface area contributed by atoms with Crippen molar-refractivity contribution in [3.8, 4) is 0 Å². The lowest BCUT2D eigenvalue weighted by atomic mass is 9.77.